The monoisotopic (exact) mass is 256 g/mol. The Hall–Kier alpha value is -2.49. The van der Waals surface area contributed by atoms with Gasteiger partial charge in [-0.15, -0.1) is 0 Å². The zero-order valence-electron chi connectivity index (χ0n) is 10.9. The van der Waals surface area contributed by atoms with Gasteiger partial charge in [0.25, 0.3) is 5.91 Å². The first-order chi connectivity index (χ1) is 8.95. The van der Waals surface area contributed by atoms with Crippen molar-refractivity contribution in [2.45, 2.75) is 13.8 Å². The molecular weight excluding hydrogens is 240 g/mol. The maximum atomic E-state index is 11.4. The Morgan fingerprint density at radius 3 is 2.26 bits per heavy atom. The van der Waals surface area contributed by atoms with E-state index in [-0.39, 0.29) is 0 Å². The maximum absolute atomic E-state index is 11.4. The van der Waals surface area contributed by atoms with Crippen LogP contribution < -0.4 is 16.2 Å². The first-order valence-electron chi connectivity index (χ1n) is 5.91. The van der Waals surface area contributed by atoms with Crippen molar-refractivity contribution >= 4 is 11.6 Å². The predicted octanol–water partition coefficient (Wildman–Crippen LogP) is 2.78. The molecule has 0 radical (unpaired) electrons. The lowest BCUT2D eigenvalue weighted by Gasteiger charge is -2.11. The number of amides is 1. The predicted molar refractivity (Wildman–Crippen MR) is 75.4 cm³/mol. The molecule has 2 aromatic rings. The third-order valence-corrected chi connectivity index (χ3v) is 2.69. The molecule has 0 saturated carbocycles. The van der Waals surface area contributed by atoms with E-state index in [2.05, 4.69) is 0 Å². The Kier molecular flexibility index (Phi) is 3.42. The summed E-state index contributed by atoms with van der Waals surface area (Å²) in [5.74, 6) is 0.488. The third-order valence-electron chi connectivity index (χ3n) is 2.69. The van der Waals surface area contributed by atoms with E-state index in [9.17, 15) is 4.79 Å². The molecule has 0 aliphatic carbocycles. The fourth-order valence-corrected chi connectivity index (χ4v) is 1.95. The SMILES string of the molecule is Cc1cc(C)cc(Oc2cc(N)ccc2C(N)=O)c1. The summed E-state index contributed by atoms with van der Waals surface area (Å²) in [6, 6.07) is 10.6. The summed E-state index contributed by atoms with van der Waals surface area (Å²) in [6.45, 7) is 3.96. The minimum atomic E-state index is -0.542. The summed E-state index contributed by atoms with van der Waals surface area (Å²) in [5.41, 5.74) is 14.0. The molecular formula is C15H16N2O2. The number of ether oxygens (including phenoxy) is 1. The van der Waals surface area contributed by atoms with E-state index in [0.29, 0.717) is 22.7 Å². The van der Waals surface area contributed by atoms with E-state index in [1.165, 1.54) is 0 Å². The van der Waals surface area contributed by atoms with E-state index in [1.807, 2.05) is 32.0 Å². The van der Waals surface area contributed by atoms with Crippen LogP contribution in [-0.4, -0.2) is 5.91 Å². The molecule has 0 aliphatic rings. The van der Waals surface area contributed by atoms with Gasteiger partial charge in [0.05, 0.1) is 5.56 Å². The summed E-state index contributed by atoms with van der Waals surface area (Å²) < 4.78 is 5.73. The molecule has 0 unspecified atom stereocenters. The number of carbonyl (C=O) groups excluding carboxylic acids is 1. The van der Waals surface area contributed by atoms with E-state index in [4.69, 9.17) is 16.2 Å². The molecule has 4 N–H and O–H groups in total. The Labute approximate surface area is 112 Å². The van der Waals surface area contributed by atoms with Crippen molar-refractivity contribution in [3.8, 4) is 11.5 Å². The van der Waals surface area contributed by atoms with Crippen LogP contribution >= 0.6 is 0 Å². The number of hydrogen-bond donors (Lipinski definition) is 2. The second-order valence-electron chi connectivity index (χ2n) is 4.55. The van der Waals surface area contributed by atoms with Gasteiger partial charge in [0, 0.05) is 11.8 Å². The summed E-state index contributed by atoms with van der Waals surface area (Å²) >= 11 is 0. The number of nitrogen functional groups attached to an aromatic ring is 1. The van der Waals surface area contributed by atoms with Crippen LogP contribution in [0, 0.1) is 13.8 Å². The first kappa shape index (κ1) is 13.0. The zero-order valence-corrected chi connectivity index (χ0v) is 10.9. The molecule has 0 aromatic heterocycles. The Bertz CT molecular complexity index is 616. The molecule has 2 aromatic carbocycles. The lowest BCUT2D eigenvalue weighted by Crippen LogP contribution is -2.12. The van der Waals surface area contributed by atoms with Gasteiger partial charge in [0.15, 0.2) is 0 Å². The van der Waals surface area contributed by atoms with Gasteiger partial charge in [0.2, 0.25) is 0 Å². The number of benzene rings is 2. The van der Waals surface area contributed by atoms with Crippen LogP contribution in [0.15, 0.2) is 36.4 Å². The number of primary amides is 1. The van der Waals surface area contributed by atoms with Crippen LogP contribution in [0.3, 0.4) is 0 Å². The van der Waals surface area contributed by atoms with Crippen LogP contribution in [0.25, 0.3) is 0 Å². The number of hydrogen-bond acceptors (Lipinski definition) is 3. The van der Waals surface area contributed by atoms with E-state index in [1.54, 1.807) is 18.2 Å². The number of anilines is 1. The molecule has 1 amide bonds. The quantitative estimate of drug-likeness (QED) is 0.829. The molecule has 2 rings (SSSR count). The third kappa shape index (κ3) is 3.04. The normalized spacial score (nSPS) is 10.2. The Morgan fingerprint density at radius 1 is 1.05 bits per heavy atom. The van der Waals surface area contributed by atoms with Gasteiger partial charge in [-0.2, -0.15) is 0 Å². The second-order valence-corrected chi connectivity index (χ2v) is 4.55. The molecule has 0 heterocycles. The average Bonchev–Trinajstić information content (AvgIpc) is 2.26. The molecule has 4 heteroatoms. The van der Waals surface area contributed by atoms with E-state index < -0.39 is 5.91 Å². The van der Waals surface area contributed by atoms with Crippen molar-refractivity contribution in [1.29, 1.82) is 0 Å². The minimum Gasteiger partial charge on any atom is -0.456 e. The number of rotatable bonds is 3. The maximum Gasteiger partial charge on any atom is 0.252 e. The molecule has 0 atom stereocenters. The van der Waals surface area contributed by atoms with Crippen molar-refractivity contribution in [3.05, 3.63) is 53.1 Å². The van der Waals surface area contributed by atoms with Gasteiger partial charge in [0.1, 0.15) is 11.5 Å². The van der Waals surface area contributed by atoms with Crippen molar-refractivity contribution < 1.29 is 9.53 Å². The fraction of sp³-hybridized carbons (Fsp3) is 0.133. The van der Waals surface area contributed by atoms with Crippen LogP contribution in [-0.2, 0) is 0 Å². The second kappa shape index (κ2) is 5.02. The lowest BCUT2D eigenvalue weighted by molar-refractivity contribution is 0.0998. The smallest absolute Gasteiger partial charge is 0.252 e. The van der Waals surface area contributed by atoms with Gasteiger partial charge in [-0.3, -0.25) is 4.79 Å². The lowest BCUT2D eigenvalue weighted by atomic mass is 10.1. The molecule has 4 nitrogen and oxygen atoms in total. The number of carbonyl (C=O) groups is 1. The van der Waals surface area contributed by atoms with E-state index >= 15 is 0 Å². The topological polar surface area (TPSA) is 78.3 Å². The average molecular weight is 256 g/mol. The summed E-state index contributed by atoms with van der Waals surface area (Å²) in [4.78, 5) is 11.4. The van der Waals surface area contributed by atoms with Crippen molar-refractivity contribution in [1.82, 2.24) is 0 Å². The highest BCUT2D eigenvalue weighted by Crippen LogP contribution is 2.28. The number of aryl methyl sites for hydroxylation is 2. The van der Waals surface area contributed by atoms with E-state index in [0.717, 1.165) is 11.1 Å². The van der Waals surface area contributed by atoms with Gasteiger partial charge >= 0.3 is 0 Å². The number of nitrogens with two attached hydrogens (primary N) is 2. The van der Waals surface area contributed by atoms with Crippen LogP contribution in [0.1, 0.15) is 21.5 Å². The Morgan fingerprint density at radius 2 is 1.68 bits per heavy atom. The van der Waals surface area contributed by atoms with Gasteiger partial charge in [-0.05, 0) is 49.2 Å². The van der Waals surface area contributed by atoms with Gasteiger partial charge in [-0.25, -0.2) is 0 Å². The van der Waals surface area contributed by atoms with Crippen molar-refractivity contribution in [2.24, 2.45) is 5.73 Å². The summed E-state index contributed by atoms with van der Waals surface area (Å²) in [6.07, 6.45) is 0. The van der Waals surface area contributed by atoms with Crippen molar-refractivity contribution in [3.63, 3.8) is 0 Å². The zero-order chi connectivity index (χ0) is 14.0. The summed E-state index contributed by atoms with van der Waals surface area (Å²) in [5, 5.41) is 0. The van der Waals surface area contributed by atoms with Crippen molar-refractivity contribution in [2.75, 3.05) is 5.73 Å². The highest BCUT2D eigenvalue weighted by Gasteiger charge is 2.11. The highest BCUT2D eigenvalue weighted by atomic mass is 16.5. The molecule has 0 spiro atoms. The fourth-order valence-electron chi connectivity index (χ4n) is 1.95. The standard InChI is InChI=1S/C15H16N2O2/c1-9-5-10(2)7-12(6-9)19-14-8-11(16)3-4-13(14)15(17)18/h3-8H,16H2,1-2H3,(H2,17,18). The molecule has 98 valence electrons. The molecule has 0 saturated heterocycles. The minimum absolute atomic E-state index is 0.313. The summed E-state index contributed by atoms with van der Waals surface area (Å²) in [7, 11) is 0. The van der Waals surface area contributed by atoms with Gasteiger partial charge < -0.3 is 16.2 Å². The van der Waals surface area contributed by atoms with Crippen LogP contribution in [0.4, 0.5) is 5.69 Å². The molecule has 0 bridgehead atoms. The molecule has 0 fully saturated rings. The molecule has 19 heavy (non-hydrogen) atoms. The van der Waals surface area contributed by atoms with Gasteiger partial charge in [-0.1, -0.05) is 6.07 Å². The van der Waals surface area contributed by atoms with Crippen LogP contribution in [0.2, 0.25) is 0 Å². The van der Waals surface area contributed by atoms with Crippen LogP contribution in [0.5, 0.6) is 11.5 Å². The first-order valence-corrected chi connectivity index (χ1v) is 5.91. The largest absolute Gasteiger partial charge is 0.456 e. The highest BCUT2D eigenvalue weighted by molar-refractivity contribution is 5.96. The molecule has 0 aliphatic heterocycles. The Balaban J connectivity index is 2.42.